The number of hydrogen-bond acceptors (Lipinski definition) is 3. The molecule has 1 aliphatic rings. The van der Waals surface area contributed by atoms with E-state index in [0.717, 1.165) is 44.6 Å². The molecular weight excluding hydrogens is 486 g/mol. The fourth-order valence-corrected chi connectivity index (χ4v) is 2.84. The van der Waals surface area contributed by atoms with Gasteiger partial charge in [0.1, 0.15) is 0 Å². The Morgan fingerprint density at radius 2 is 2.04 bits per heavy atom. The van der Waals surface area contributed by atoms with Gasteiger partial charge in [0.05, 0.1) is 17.7 Å². The highest BCUT2D eigenvalue weighted by atomic mass is 127. The maximum absolute atomic E-state index is 12.9. The van der Waals surface area contributed by atoms with E-state index < -0.39 is 11.7 Å². The average molecular weight is 515 g/mol. The summed E-state index contributed by atoms with van der Waals surface area (Å²) in [5.74, 6) is 0.547. The van der Waals surface area contributed by atoms with Crippen molar-refractivity contribution in [3.63, 3.8) is 0 Å². The predicted molar refractivity (Wildman–Crippen MR) is 114 cm³/mol. The third kappa shape index (κ3) is 8.52. The van der Waals surface area contributed by atoms with Crippen molar-refractivity contribution >= 4 is 29.9 Å². The Labute approximate surface area is 181 Å². The Kier molecular flexibility index (Phi) is 11.1. The molecule has 5 nitrogen and oxygen atoms in total. The van der Waals surface area contributed by atoms with Gasteiger partial charge in [-0.3, -0.25) is 4.99 Å². The van der Waals surface area contributed by atoms with E-state index in [4.69, 9.17) is 9.47 Å². The predicted octanol–water partition coefficient (Wildman–Crippen LogP) is 4.14. The lowest BCUT2D eigenvalue weighted by atomic mass is 10.1. The van der Waals surface area contributed by atoms with E-state index in [9.17, 15) is 13.2 Å². The van der Waals surface area contributed by atoms with Crippen LogP contribution in [0.5, 0.6) is 0 Å². The van der Waals surface area contributed by atoms with Gasteiger partial charge in [-0.25, -0.2) is 0 Å². The highest BCUT2D eigenvalue weighted by molar-refractivity contribution is 14.0. The van der Waals surface area contributed by atoms with E-state index in [1.807, 2.05) is 0 Å². The highest BCUT2D eigenvalue weighted by Crippen LogP contribution is 2.30. The van der Waals surface area contributed by atoms with Crippen molar-refractivity contribution in [2.75, 3.05) is 33.4 Å². The van der Waals surface area contributed by atoms with E-state index in [2.05, 4.69) is 15.6 Å². The lowest BCUT2D eigenvalue weighted by Crippen LogP contribution is -2.39. The minimum Gasteiger partial charge on any atom is -0.381 e. The van der Waals surface area contributed by atoms with Crippen LogP contribution in [0.3, 0.4) is 0 Å². The second kappa shape index (κ2) is 12.5. The van der Waals surface area contributed by atoms with Gasteiger partial charge in [-0.15, -0.1) is 24.0 Å². The van der Waals surface area contributed by atoms with Crippen LogP contribution in [0.1, 0.15) is 43.4 Å². The summed E-state index contributed by atoms with van der Waals surface area (Å²) >= 11 is 0. The molecule has 28 heavy (non-hydrogen) atoms. The molecule has 1 aromatic rings. The molecule has 1 atom stereocenters. The molecule has 0 saturated carbocycles. The van der Waals surface area contributed by atoms with Gasteiger partial charge in [0.15, 0.2) is 5.96 Å². The summed E-state index contributed by atoms with van der Waals surface area (Å²) in [6, 6.07) is 5.01. The molecule has 160 valence electrons. The molecule has 1 unspecified atom stereocenters. The molecule has 0 aromatic heterocycles. The van der Waals surface area contributed by atoms with Gasteiger partial charge in [0.2, 0.25) is 0 Å². The molecule has 9 heteroatoms. The second-order valence-electron chi connectivity index (χ2n) is 6.52. The molecule has 1 saturated heterocycles. The molecular formula is C19H29F3IN3O2. The SMILES string of the molecule is CN=C(NCCCOC1CCOCC1)NC(C)c1cccc(C(F)(F)F)c1.I. The molecule has 2 rings (SSSR count). The zero-order valence-corrected chi connectivity index (χ0v) is 18.6. The molecule has 0 radical (unpaired) electrons. The summed E-state index contributed by atoms with van der Waals surface area (Å²) in [5, 5.41) is 6.28. The number of halogens is 4. The average Bonchev–Trinajstić information content (AvgIpc) is 2.67. The van der Waals surface area contributed by atoms with Gasteiger partial charge in [0, 0.05) is 33.4 Å². The van der Waals surface area contributed by atoms with Crippen LogP contribution in [0.25, 0.3) is 0 Å². The Balaban J connectivity index is 0.00000392. The van der Waals surface area contributed by atoms with Crippen LogP contribution in [0.4, 0.5) is 13.2 Å². The van der Waals surface area contributed by atoms with Crippen LogP contribution >= 0.6 is 24.0 Å². The normalized spacial score (nSPS) is 17.0. The highest BCUT2D eigenvalue weighted by Gasteiger charge is 2.30. The molecule has 0 spiro atoms. The number of aliphatic imine (C=N–C) groups is 1. The number of ether oxygens (including phenoxy) is 2. The molecule has 0 amide bonds. The minimum absolute atomic E-state index is 0. The van der Waals surface area contributed by atoms with Crippen LogP contribution in [0, 0.1) is 0 Å². The smallest absolute Gasteiger partial charge is 0.381 e. The monoisotopic (exact) mass is 515 g/mol. The van der Waals surface area contributed by atoms with Gasteiger partial charge >= 0.3 is 6.18 Å². The summed E-state index contributed by atoms with van der Waals surface area (Å²) in [6.45, 7) is 4.63. The van der Waals surface area contributed by atoms with Crippen molar-refractivity contribution in [3.8, 4) is 0 Å². The topological polar surface area (TPSA) is 54.9 Å². The number of hydrogen-bond donors (Lipinski definition) is 2. The molecule has 1 aliphatic heterocycles. The third-order valence-electron chi connectivity index (χ3n) is 4.43. The Bertz CT molecular complexity index is 608. The lowest BCUT2D eigenvalue weighted by molar-refractivity contribution is -0.137. The number of nitrogens with one attached hydrogen (secondary N) is 2. The maximum Gasteiger partial charge on any atom is 0.416 e. The summed E-state index contributed by atoms with van der Waals surface area (Å²) in [7, 11) is 1.63. The quantitative estimate of drug-likeness (QED) is 0.248. The summed E-state index contributed by atoms with van der Waals surface area (Å²) in [5.41, 5.74) is -0.0996. The van der Waals surface area contributed by atoms with Crippen LogP contribution in [0.15, 0.2) is 29.3 Å². The van der Waals surface area contributed by atoms with Gasteiger partial charge in [0.25, 0.3) is 0 Å². The van der Waals surface area contributed by atoms with E-state index in [-0.39, 0.29) is 36.1 Å². The van der Waals surface area contributed by atoms with Crippen molar-refractivity contribution in [2.24, 2.45) is 4.99 Å². The summed E-state index contributed by atoms with van der Waals surface area (Å²) < 4.78 is 49.7. The first kappa shape index (κ1) is 25.0. The van der Waals surface area contributed by atoms with E-state index >= 15 is 0 Å². The maximum atomic E-state index is 12.9. The van der Waals surface area contributed by atoms with Crippen molar-refractivity contribution in [1.29, 1.82) is 0 Å². The largest absolute Gasteiger partial charge is 0.416 e. The van der Waals surface area contributed by atoms with E-state index in [1.165, 1.54) is 6.07 Å². The zero-order chi connectivity index (χ0) is 19.7. The number of alkyl halides is 3. The molecule has 0 bridgehead atoms. The Morgan fingerprint density at radius 3 is 2.68 bits per heavy atom. The number of nitrogens with zero attached hydrogens (tertiary/aromatic N) is 1. The van der Waals surface area contributed by atoms with Crippen molar-refractivity contribution in [1.82, 2.24) is 10.6 Å². The first-order chi connectivity index (χ1) is 12.9. The lowest BCUT2D eigenvalue weighted by Gasteiger charge is -2.22. The standard InChI is InChI=1S/C19H28F3N3O2.HI/c1-14(15-5-3-6-16(13-15)19(20,21)22)25-18(23-2)24-9-4-10-27-17-7-11-26-12-8-17;/h3,5-6,13-14,17H,4,7-12H2,1-2H3,(H2,23,24,25);1H. The number of benzene rings is 1. The van der Waals surface area contributed by atoms with E-state index in [0.29, 0.717) is 24.7 Å². The zero-order valence-electron chi connectivity index (χ0n) is 16.2. The third-order valence-corrected chi connectivity index (χ3v) is 4.43. The number of guanidine groups is 1. The van der Waals surface area contributed by atoms with Gasteiger partial charge in [-0.1, -0.05) is 12.1 Å². The fourth-order valence-electron chi connectivity index (χ4n) is 2.84. The first-order valence-electron chi connectivity index (χ1n) is 9.24. The molecule has 2 N–H and O–H groups in total. The Hall–Kier alpha value is -1.07. The number of rotatable bonds is 7. The van der Waals surface area contributed by atoms with Gasteiger partial charge in [-0.05, 0) is 43.9 Å². The summed E-state index contributed by atoms with van der Waals surface area (Å²) in [4.78, 5) is 4.13. The molecule has 1 heterocycles. The van der Waals surface area contributed by atoms with Gasteiger partial charge < -0.3 is 20.1 Å². The first-order valence-corrected chi connectivity index (χ1v) is 9.24. The van der Waals surface area contributed by atoms with Crippen LogP contribution in [-0.4, -0.2) is 45.5 Å². The summed E-state index contributed by atoms with van der Waals surface area (Å²) in [6.07, 6.45) is -1.39. The molecule has 1 aromatic carbocycles. The fraction of sp³-hybridized carbons (Fsp3) is 0.632. The van der Waals surface area contributed by atoms with Crippen molar-refractivity contribution < 1.29 is 22.6 Å². The Morgan fingerprint density at radius 1 is 1.32 bits per heavy atom. The van der Waals surface area contributed by atoms with Crippen LogP contribution < -0.4 is 10.6 Å². The van der Waals surface area contributed by atoms with Crippen LogP contribution in [0.2, 0.25) is 0 Å². The van der Waals surface area contributed by atoms with E-state index in [1.54, 1.807) is 20.0 Å². The van der Waals surface area contributed by atoms with Crippen molar-refractivity contribution in [3.05, 3.63) is 35.4 Å². The second-order valence-corrected chi connectivity index (χ2v) is 6.52. The minimum atomic E-state index is -4.35. The molecule has 0 aliphatic carbocycles. The van der Waals surface area contributed by atoms with Crippen molar-refractivity contribution in [2.45, 2.75) is 44.5 Å². The van der Waals surface area contributed by atoms with Gasteiger partial charge in [-0.2, -0.15) is 13.2 Å². The van der Waals surface area contributed by atoms with Crippen LogP contribution in [-0.2, 0) is 15.7 Å². The molecule has 1 fully saturated rings.